The van der Waals surface area contributed by atoms with Gasteiger partial charge < -0.3 is 9.47 Å². The molecule has 14 rings (SSSR count). The molecule has 13 aliphatic rings. The Morgan fingerprint density at radius 3 is 1.41 bits per heavy atom. The van der Waals surface area contributed by atoms with Gasteiger partial charge in [0.25, 0.3) is 0 Å². The van der Waals surface area contributed by atoms with Gasteiger partial charge in [-0.3, -0.25) is 0 Å². The molecule has 12 bridgehead atoms. The predicted molar refractivity (Wildman–Crippen MR) is 161 cm³/mol. The summed E-state index contributed by atoms with van der Waals surface area (Å²) in [5.74, 6) is 13.3. The fourth-order valence-electron chi connectivity index (χ4n) is 15.8. The van der Waals surface area contributed by atoms with Crippen molar-refractivity contribution in [3.05, 3.63) is 17.2 Å². The fourth-order valence-corrected chi connectivity index (χ4v) is 15.8. The van der Waals surface area contributed by atoms with Crippen LogP contribution in [0.5, 0.6) is 17.2 Å². The molecule has 1 aliphatic heterocycles. The molecule has 0 amide bonds. The molecule has 0 aromatic heterocycles. The smallest absolute Gasteiger partial charge is 0.212 e. The van der Waals surface area contributed by atoms with Crippen molar-refractivity contribution in [3.63, 3.8) is 0 Å². The molecule has 220 valence electrons. The zero-order valence-corrected chi connectivity index (χ0v) is 25.6. The van der Waals surface area contributed by atoms with Gasteiger partial charge in [0.05, 0.1) is 6.61 Å². The third-order valence-corrected chi connectivity index (χ3v) is 16.2. The predicted octanol–water partition coefficient (Wildman–Crippen LogP) is 9.96. The average Bonchev–Trinajstić information content (AvgIpc) is 3.70. The second-order valence-corrected chi connectivity index (χ2v) is 18.9. The monoisotopic (exact) mass is 552 g/mol. The lowest BCUT2D eigenvalue weighted by molar-refractivity contribution is -0.0911. The van der Waals surface area contributed by atoms with Crippen molar-refractivity contribution in [1.82, 2.24) is 0 Å². The molecule has 12 fully saturated rings. The third-order valence-electron chi connectivity index (χ3n) is 16.2. The molecule has 2 heteroatoms. The van der Waals surface area contributed by atoms with Crippen molar-refractivity contribution in [2.45, 2.75) is 133 Å². The molecular weight excluding hydrogens is 500 g/mol. The van der Waals surface area contributed by atoms with Crippen molar-refractivity contribution < 1.29 is 9.47 Å². The van der Waals surface area contributed by atoms with Crippen LogP contribution in [0.15, 0.2) is 6.07 Å². The van der Waals surface area contributed by atoms with Gasteiger partial charge in [0.1, 0.15) is 0 Å². The largest absolute Gasteiger partial charge is 0.489 e. The minimum Gasteiger partial charge on any atom is -0.489 e. The molecule has 12 saturated carbocycles. The lowest BCUT2D eigenvalue weighted by Gasteiger charge is -2.59. The summed E-state index contributed by atoms with van der Waals surface area (Å²) in [6, 6.07) is 2.79. The van der Waals surface area contributed by atoms with E-state index in [1.165, 1.54) is 133 Å². The van der Waals surface area contributed by atoms with Crippen LogP contribution in [0.4, 0.5) is 0 Å². The molecular formula is C39H52O2. The summed E-state index contributed by atoms with van der Waals surface area (Å²) in [4.78, 5) is 0. The van der Waals surface area contributed by atoms with E-state index in [0.29, 0.717) is 22.2 Å². The van der Waals surface area contributed by atoms with Crippen molar-refractivity contribution in [2.24, 2.45) is 64.6 Å². The molecule has 0 saturated heterocycles. The first-order chi connectivity index (χ1) is 19.9. The summed E-state index contributed by atoms with van der Waals surface area (Å²) in [5, 5.41) is 0. The van der Waals surface area contributed by atoms with E-state index >= 15 is 0 Å². The van der Waals surface area contributed by atoms with Crippen LogP contribution in [0.3, 0.4) is 0 Å². The highest BCUT2D eigenvalue weighted by molar-refractivity contribution is 5.73. The van der Waals surface area contributed by atoms with Crippen LogP contribution in [0.1, 0.15) is 134 Å². The molecule has 1 aromatic carbocycles. The van der Waals surface area contributed by atoms with E-state index in [1.807, 2.05) is 0 Å². The molecule has 1 heterocycles. The Morgan fingerprint density at radius 2 is 0.976 bits per heavy atom. The standard InChI is InChI=1S/C39H52O2/c1-22(37-12-23-2-24(13-37)4-25(3-23)14-37)21-40-34-32(38-15-26-5-27(16-38)7-28(6-26)17-38)11-33(35-36(34)41-35)39-18-29-8-30(19-39)10-31(9-29)20-39/h11,22-31H,2-10,12-21H2,1H3. The van der Waals surface area contributed by atoms with Gasteiger partial charge in [-0.15, -0.1) is 0 Å². The number of hydrogen-bond acceptors (Lipinski definition) is 2. The Kier molecular flexibility index (Phi) is 4.66. The molecule has 1 atom stereocenters. The van der Waals surface area contributed by atoms with Gasteiger partial charge in [0, 0.05) is 11.1 Å². The molecule has 0 N–H and O–H groups in total. The van der Waals surface area contributed by atoms with Crippen molar-refractivity contribution >= 4 is 0 Å². The topological polar surface area (TPSA) is 21.8 Å². The van der Waals surface area contributed by atoms with Gasteiger partial charge in [-0.25, -0.2) is 0 Å². The van der Waals surface area contributed by atoms with E-state index in [2.05, 4.69) is 13.0 Å². The quantitative estimate of drug-likeness (QED) is 0.333. The van der Waals surface area contributed by atoms with Gasteiger partial charge in [-0.05, 0) is 197 Å². The first-order valence-corrected chi connectivity index (χ1v) is 18.5. The second-order valence-electron chi connectivity index (χ2n) is 18.9. The summed E-state index contributed by atoms with van der Waals surface area (Å²) < 4.78 is 13.9. The van der Waals surface area contributed by atoms with E-state index < -0.39 is 0 Å². The average molecular weight is 553 g/mol. The van der Waals surface area contributed by atoms with Gasteiger partial charge >= 0.3 is 0 Å². The van der Waals surface area contributed by atoms with Crippen LogP contribution in [-0.2, 0) is 10.8 Å². The zero-order chi connectivity index (χ0) is 26.7. The van der Waals surface area contributed by atoms with Crippen molar-refractivity contribution in [3.8, 4) is 17.2 Å². The Balaban J connectivity index is 0.976. The molecule has 12 aliphatic carbocycles. The van der Waals surface area contributed by atoms with E-state index in [0.717, 1.165) is 59.9 Å². The maximum absolute atomic E-state index is 7.21. The summed E-state index contributed by atoms with van der Waals surface area (Å²) in [5.41, 5.74) is 4.66. The van der Waals surface area contributed by atoms with Gasteiger partial charge in [-0.2, -0.15) is 0 Å². The SMILES string of the molecule is CC(COc1c(C23CC4CC(CC(C4)C2)C3)cc(C23CC4CC(CC(C4)C2)C3)c2c1O2)C12CC3CC(CC(C3)C1)C2. The lowest BCUT2D eigenvalue weighted by Crippen LogP contribution is -2.50. The van der Waals surface area contributed by atoms with Gasteiger partial charge in [0.2, 0.25) is 5.75 Å². The van der Waals surface area contributed by atoms with Crippen molar-refractivity contribution in [2.75, 3.05) is 6.61 Å². The molecule has 41 heavy (non-hydrogen) atoms. The second kappa shape index (κ2) is 7.90. The molecule has 1 aromatic rings. The molecule has 2 nitrogen and oxygen atoms in total. The van der Waals surface area contributed by atoms with E-state index in [4.69, 9.17) is 9.47 Å². The maximum atomic E-state index is 7.21. The Morgan fingerprint density at radius 1 is 0.585 bits per heavy atom. The van der Waals surface area contributed by atoms with Gasteiger partial charge in [0.15, 0.2) is 11.5 Å². The molecule has 0 spiro atoms. The maximum Gasteiger partial charge on any atom is 0.212 e. The zero-order valence-electron chi connectivity index (χ0n) is 25.6. The Labute approximate surface area is 248 Å². The number of rotatable bonds is 6. The third kappa shape index (κ3) is 3.38. The first kappa shape index (κ1) is 24.2. The van der Waals surface area contributed by atoms with Crippen LogP contribution >= 0.6 is 0 Å². The highest BCUT2D eigenvalue weighted by Gasteiger charge is 2.58. The van der Waals surface area contributed by atoms with Crippen LogP contribution in [0, 0.1) is 64.6 Å². The normalized spacial score (nSPS) is 53.0. The number of ether oxygens (including phenoxy) is 2. The van der Waals surface area contributed by atoms with Crippen LogP contribution in [-0.4, -0.2) is 6.61 Å². The first-order valence-electron chi connectivity index (χ1n) is 18.5. The minimum atomic E-state index is 0.367. The van der Waals surface area contributed by atoms with E-state index in [9.17, 15) is 0 Å². The lowest BCUT2D eigenvalue weighted by atomic mass is 9.46. The number of fused-ring (bicyclic) bond motifs is 1. The highest BCUT2D eigenvalue weighted by Crippen LogP contribution is 2.71. The number of hydrogen-bond donors (Lipinski definition) is 0. The molecule has 1 unspecified atom stereocenters. The van der Waals surface area contributed by atoms with E-state index in [1.54, 1.807) is 11.1 Å². The van der Waals surface area contributed by atoms with E-state index in [-0.39, 0.29) is 0 Å². The minimum absolute atomic E-state index is 0.367. The number of benzene rings is 1. The highest BCUT2D eigenvalue weighted by atomic mass is 16.6. The summed E-state index contributed by atoms with van der Waals surface area (Å²) >= 11 is 0. The fraction of sp³-hybridized carbons (Fsp3) is 0.846. The molecule has 0 radical (unpaired) electrons. The van der Waals surface area contributed by atoms with Crippen LogP contribution < -0.4 is 9.47 Å². The Bertz CT molecular complexity index is 1200. The van der Waals surface area contributed by atoms with Crippen molar-refractivity contribution in [1.29, 1.82) is 0 Å². The van der Waals surface area contributed by atoms with Crippen LogP contribution in [0.25, 0.3) is 0 Å². The summed E-state index contributed by atoms with van der Waals surface area (Å²) in [7, 11) is 0. The summed E-state index contributed by atoms with van der Waals surface area (Å²) in [6.07, 6.45) is 26.8. The summed E-state index contributed by atoms with van der Waals surface area (Å²) in [6.45, 7) is 3.48. The Hall–Kier alpha value is -1.18. The van der Waals surface area contributed by atoms with Crippen LogP contribution in [0.2, 0.25) is 0 Å². The van der Waals surface area contributed by atoms with Gasteiger partial charge in [-0.1, -0.05) is 6.92 Å².